The van der Waals surface area contributed by atoms with E-state index in [0.29, 0.717) is 6.04 Å². The molecule has 0 aliphatic carbocycles. The van der Waals surface area contributed by atoms with Crippen LogP contribution in [0.15, 0.2) is 11.1 Å². The first kappa shape index (κ1) is 11.2. The number of hydrogen-bond donors (Lipinski definition) is 1. The zero-order valence-corrected chi connectivity index (χ0v) is 9.94. The summed E-state index contributed by atoms with van der Waals surface area (Å²) in [6.07, 6.45) is 3.87. The van der Waals surface area contributed by atoms with Crippen LogP contribution in [0.4, 0.5) is 0 Å². The highest BCUT2D eigenvalue weighted by Gasteiger charge is 2.13. The first-order chi connectivity index (χ1) is 6.18. The van der Waals surface area contributed by atoms with Crippen LogP contribution in [0.1, 0.15) is 19.3 Å². The van der Waals surface area contributed by atoms with Crippen molar-refractivity contribution in [1.29, 1.82) is 0 Å². The monoisotopic (exact) mass is 246 g/mol. The van der Waals surface area contributed by atoms with E-state index in [1.807, 2.05) is 0 Å². The Bertz CT molecular complexity index is 170. The van der Waals surface area contributed by atoms with Gasteiger partial charge in [-0.25, -0.2) is 0 Å². The molecule has 0 aromatic heterocycles. The topological polar surface area (TPSA) is 15.3 Å². The van der Waals surface area contributed by atoms with Gasteiger partial charge in [0.15, 0.2) is 0 Å². The molecule has 1 fully saturated rings. The average molecular weight is 247 g/mol. The van der Waals surface area contributed by atoms with E-state index < -0.39 is 0 Å². The van der Waals surface area contributed by atoms with Crippen LogP contribution in [0.3, 0.4) is 0 Å². The van der Waals surface area contributed by atoms with Gasteiger partial charge in [-0.3, -0.25) is 0 Å². The lowest BCUT2D eigenvalue weighted by atomic mass is 10.1. The number of halogens is 1. The maximum Gasteiger partial charge on any atom is 0.0268 e. The molecule has 0 bridgehead atoms. The lowest BCUT2D eigenvalue weighted by molar-refractivity contribution is 0.344. The summed E-state index contributed by atoms with van der Waals surface area (Å²) >= 11 is 3.37. The van der Waals surface area contributed by atoms with Crippen molar-refractivity contribution in [2.75, 3.05) is 26.7 Å². The highest BCUT2D eigenvalue weighted by molar-refractivity contribution is 9.11. The molecule has 13 heavy (non-hydrogen) atoms. The minimum Gasteiger partial charge on any atom is -0.309 e. The van der Waals surface area contributed by atoms with Gasteiger partial charge in [-0.05, 0) is 39.4 Å². The van der Waals surface area contributed by atoms with Crippen molar-refractivity contribution in [2.45, 2.75) is 25.3 Å². The Labute approximate surface area is 89.5 Å². The molecule has 1 N–H and O–H groups in total. The van der Waals surface area contributed by atoms with E-state index in [2.05, 4.69) is 39.8 Å². The molecular formula is C10H19BrN2. The van der Waals surface area contributed by atoms with Gasteiger partial charge >= 0.3 is 0 Å². The van der Waals surface area contributed by atoms with Crippen molar-refractivity contribution in [3.63, 3.8) is 0 Å². The van der Waals surface area contributed by atoms with Gasteiger partial charge in [-0.1, -0.05) is 22.5 Å². The predicted octanol–water partition coefficient (Wildman–Crippen LogP) is 1.97. The lowest BCUT2D eigenvalue weighted by Gasteiger charge is -2.16. The molecule has 0 aromatic carbocycles. The summed E-state index contributed by atoms with van der Waals surface area (Å²) in [4.78, 5) is 2.41. The Hall–Kier alpha value is 0.140. The van der Waals surface area contributed by atoms with Crippen molar-refractivity contribution in [3.05, 3.63) is 11.1 Å². The Morgan fingerprint density at radius 1 is 1.54 bits per heavy atom. The Morgan fingerprint density at radius 2 is 2.31 bits per heavy atom. The SMILES string of the molecule is C=C(Br)CNC1CCCN(C)CC1. The quantitative estimate of drug-likeness (QED) is 0.820. The van der Waals surface area contributed by atoms with E-state index in [1.165, 1.54) is 32.4 Å². The summed E-state index contributed by atoms with van der Waals surface area (Å²) in [6.45, 7) is 7.18. The molecular weight excluding hydrogens is 228 g/mol. The number of likely N-dealkylation sites (tertiary alicyclic amines) is 1. The third-order valence-corrected chi connectivity index (χ3v) is 2.81. The molecule has 1 atom stereocenters. The summed E-state index contributed by atoms with van der Waals surface area (Å²) in [7, 11) is 2.20. The number of nitrogens with one attached hydrogen (secondary N) is 1. The molecule has 0 spiro atoms. The van der Waals surface area contributed by atoms with Crippen LogP contribution in [-0.4, -0.2) is 37.6 Å². The first-order valence-corrected chi connectivity index (χ1v) is 5.73. The molecule has 0 saturated carbocycles. The highest BCUT2D eigenvalue weighted by Crippen LogP contribution is 2.10. The number of hydrogen-bond acceptors (Lipinski definition) is 2. The van der Waals surface area contributed by atoms with Gasteiger partial charge in [0.2, 0.25) is 0 Å². The van der Waals surface area contributed by atoms with E-state index in [4.69, 9.17) is 0 Å². The molecule has 76 valence electrons. The molecule has 0 radical (unpaired) electrons. The van der Waals surface area contributed by atoms with Gasteiger partial charge in [0.05, 0.1) is 0 Å². The zero-order valence-electron chi connectivity index (χ0n) is 8.35. The fourth-order valence-electron chi connectivity index (χ4n) is 1.70. The molecule has 1 rings (SSSR count). The summed E-state index contributed by atoms with van der Waals surface area (Å²) < 4.78 is 1.05. The van der Waals surface area contributed by atoms with Gasteiger partial charge in [-0.15, -0.1) is 0 Å². The Balaban J connectivity index is 2.22. The zero-order chi connectivity index (χ0) is 9.68. The minimum absolute atomic E-state index is 0.680. The molecule has 1 saturated heterocycles. The molecule has 1 aliphatic rings. The Kier molecular flexibility index (Phi) is 4.99. The van der Waals surface area contributed by atoms with Gasteiger partial charge in [0.25, 0.3) is 0 Å². The highest BCUT2D eigenvalue weighted by atomic mass is 79.9. The number of rotatable bonds is 3. The van der Waals surface area contributed by atoms with Crippen LogP contribution < -0.4 is 5.32 Å². The van der Waals surface area contributed by atoms with Crippen molar-refractivity contribution >= 4 is 15.9 Å². The third-order valence-electron chi connectivity index (χ3n) is 2.53. The average Bonchev–Trinajstić information content (AvgIpc) is 2.27. The van der Waals surface area contributed by atoms with Crippen LogP contribution in [0.5, 0.6) is 0 Å². The first-order valence-electron chi connectivity index (χ1n) is 4.93. The molecule has 1 heterocycles. The van der Waals surface area contributed by atoms with Crippen LogP contribution in [0.2, 0.25) is 0 Å². The Morgan fingerprint density at radius 3 is 3.00 bits per heavy atom. The molecule has 1 unspecified atom stereocenters. The minimum atomic E-state index is 0.680. The van der Waals surface area contributed by atoms with E-state index in [1.54, 1.807) is 0 Å². The van der Waals surface area contributed by atoms with Crippen molar-refractivity contribution < 1.29 is 0 Å². The number of nitrogens with zero attached hydrogens (tertiary/aromatic N) is 1. The van der Waals surface area contributed by atoms with Gasteiger partial charge in [0.1, 0.15) is 0 Å². The van der Waals surface area contributed by atoms with Crippen molar-refractivity contribution in [3.8, 4) is 0 Å². The van der Waals surface area contributed by atoms with Gasteiger partial charge in [-0.2, -0.15) is 0 Å². The van der Waals surface area contributed by atoms with Crippen LogP contribution in [0.25, 0.3) is 0 Å². The molecule has 0 aromatic rings. The maximum absolute atomic E-state index is 3.82. The van der Waals surface area contributed by atoms with Gasteiger partial charge < -0.3 is 10.2 Å². The smallest absolute Gasteiger partial charge is 0.0268 e. The molecule has 1 aliphatic heterocycles. The van der Waals surface area contributed by atoms with Crippen molar-refractivity contribution in [2.24, 2.45) is 0 Å². The summed E-state index contributed by atoms with van der Waals surface area (Å²) in [5.74, 6) is 0. The third kappa shape index (κ3) is 4.79. The largest absolute Gasteiger partial charge is 0.309 e. The van der Waals surface area contributed by atoms with Crippen molar-refractivity contribution in [1.82, 2.24) is 10.2 Å². The van der Waals surface area contributed by atoms with E-state index in [0.717, 1.165) is 11.0 Å². The van der Waals surface area contributed by atoms with E-state index >= 15 is 0 Å². The van der Waals surface area contributed by atoms with Crippen LogP contribution >= 0.6 is 15.9 Å². The van der Waals surface area contributed by atoms with Crippen LogP contribution in [0, 0.1) is 0 Å². The van der Waals surface area contributed by atoms with E-state index in [-0.39, 0.29) is 0 Å². The molecule has 0 amide bonds. The molecule has 3 heteroatoms. The lowest BCUT2D eigenvalue weighted by Crippen LogP contribution is -2.31. The van der Waals surface area contributed by atoms with Crippen LogP contribution in [-0.2, 0) is 0 Å². The fraction of sp³-hybridized carbons (Fsp3) is 0.800. The fourth-order valence-corrected chi connectivity index (χ4v) is 1.86. The summed E-state index contributed by atoms with van der Waals surface area (Å²) in [5.41, 5.74) is 0. The standard InChI is InChI=1S/C10H19BrN2/c1-9(11)8-12-10-4-3-6-13(2)7-5-10/h10,12H,1,3-8H2,2H3. The van der Waals surface area contributed by atoms with Gasteiger partial charge in [0, 0.05) is 17.1 Å². The maximum atomic E-state index is 3.82. The summed E-state index contributed by atoms with van der Waals surface area (Å²) in [5, 5.41) is 3.51. The summed E-state index contributed by atoms with van der Waals surface area (Å²) in [6, 6.07) is 0.680. The molecule has 2 nitrogen and oxygen atoms in total. The second-order valence-corrected chi connectivity index (χ2v) is 4.95. The second kappa shape index (κ2) is 5.78. The second-order valence-electron chi connectivity index (χ2n) is 3.83. The van der Waals surface area contributed by atoms with E-state index in [9.17, 15) is 0 Å². The predicted molar refractivity (Wildman–Crippen MR) is 61.2 cm³/mol. The normalized spacial score (nSPS) is 25.5.